The first-order valence-electron chi connectivity index (χ1n) is 10.9. The largest absolute Gasteiger partial charge is 0.321 e. The van der Waals surface area contributed by atoms with E-state index in [0.29, 0.717) is 28.5 Å². The van der Waals surface area contributed by atoms with E-state index >= 15 is 0 Å². The Hall–Kier alpha value is -4.14. The Labute approximate surface area is 203 Å². The number of aryl methyl sites for hydroxylation is 1. The molecule has 1 aromatic heterocycles. The predicted octanol–water partition coefficient (Wildman–Crippen LogP) is 6.36. The van der Waals surface area contributed by atoms with Crippen LogP contribution in [0, 0.1) is 11.3 Å². The number of benzene rings is 3. The Morgan fingerprint density at radius 2 is 1.71 bits per heavy atom. The van der Waals surface area contributed by atoms with Crippen LogP contribution in [0.5, 0.6) is 0 Å². The molecule has 168 valence electrons. The first kappa shape index (κ1) is 23.0. The first-order valence-corrected chi connectivity index (χ1v) is 11.3. The summed E-state index contributed by atoms with van der Waals surface area (Å²) in [5.41, 5.74) is 5.14. The van der Waals surface area contributed by atoms with Gasteiger partial charge in [0, 0.05) is 28.0 Å². The highest BCUT2D eigenvalue weighted by molar-refractivity contribution is 6.30. The second-order valence-electron chi connectivity index (χ2n) is 7.80. The third-order valence-electron chi connectivity index (χ3n) is 5.38. The van der Waals surface area contributed by atoms with E-state index in [1.165, 1.54) is 5.56 Å². The normalized spacial score (nSPS) is 11.1. The molecule has 0 aliphatic heterocycles. The lowest BCUT2D eigenvalue weighted by Crippen LogP contribution is -2.13. The highest BCUT2D eigenvalue weighted by atomic mass is 35.5. The lowest BCUT2D eigenvalue weighted by Gasteiger charge is -2.05. The minimum Gasteiger partial charge on any atom is -0.321 e. The zero-order valence-electron chi connectivity index (χ0n) is 18.7. The SMILES string of the molecule is CCc1ccc(NC(=O)C(C#N)=Cc2cn(Cc3ccc(Cl)cc3)nc2-c2ccccc2)cc1. The molecule has 4 aromatic rings. The van der Waals surface area contributed by atoms with Crippen molar-refractivity contribution in [2.24, 2.45) is 0 Å². The van der Waals surface area contributed by atoms with Crippen LogP contribution < -0.4 is 5.32 Å². The minimum atomic E-state index is -0.462. The van der Waals surface area contributed by atoms with Gasteiger partial charge in [-0.05, 0) is 47.9 Å². The van der Waals surface area contributed by atoms with E-state index in [4.69, 9.17) is 16.7 Å². The van der Waals surface area contributed by atoms with E-state index in [2.05, 4.69) is 12.2 Å². The Morgan fingerprint density at radius 3 is 2.35 bits per heavy atom. The summed E-state index contributed by atoms with van der Waals surface area (Å²) in [5, 5.41) is 18.0. The molecule has 0 saturated carbocycles. The smallest absolute Gasteiger partial charge is 0.266 e. The molecule has 0 atom stereocenters. The van der Waals surface area contributed by atoms with Crippen molar-refractivity contribution in [1.29, 1.82) is 5.26 Å². The van der Waals surface area contributed by atoms with E-state index in [1.54, 1.807) is 10.8 Å². The van der Waals surface area contributed by atoms with Gasteiger partial charge >= 0.3 is 0 Å². The number of nitrogens with zero attached hydrogens (tertiary/aromatic N) is 3. The Balaban J connectivity index is 1.65. The van der Waals surface area contributed by atoms with Gasteiger partial charge in [-0.2, -0.15) is 10.4 Å². The van der Waals surface area contributed by atoms with Crippen molar-refractivity contribution in [3.05, 3.63) is 112 Å². The van der Waals surface area contributed by atoms with Gasteiger partial charge in [-0.3, -0.25) is 9.48 Å². The lowest BCUT2D eigenvalue weighted by atomic mass is 10.1. The number of nitrogens with one attached hydrogen (secondary N) is 1. The van der Waals surface area contributed by atoms with E-state index in [-0.39, 0.29) is 5.57 Å². The molecule has 1 N–H and O–H groups in total. The summed E-state index contributed by atoms with van der Waals surface area (Å²) >= 11 is 6.00. The van der Waals surface area contributed by atoms with E-state index in [1.807, 2.05) is 91.1 Å². The van der Waals surface area contributed by atoms with Crippen LogP contribution in [0.25, 0.3) is 17.3 Å². The molecule has 0 aliphatic carbocycles. The van der Waals surface area contributed by atoms with Crippen molar-refractivity contribution in [2.75, 3.05) is 5.32 Å². The maximum absolute atomic E-state index is 12.8. The molecule has 4 rings (SSSR count). The van der Waals surface area contributed by atoms with Crippen LogP contribution in [0.1, 0.15) is 23.6 Å². The van der Waals surface area contributed by atoms with Crippen LogP contribution in [-0.4, -0.2) is 15.7 Å². The van der Waals surface area contributed by atoms with Crippen LogP contribution in [0.3, 0.4) is 0 Å². The highest BCUT2D eigenvalue weighted by Gasteiger charge is 2.15. The molecule has 5 nitrogen and oxygen atoms in total. The van der Waals surface area contributed by atoms with Crippen molar-refractivity contribution in [3.8, 4) is 17.3 Å². The average molecular weight is 467 g/mol. The number of carbonyl (C=O) groups excluding carboxylic acids is 1. The number of amides is 1. The number of halogens is 1. The molecule has 34 heavy (non-hydrogen) atoms. The average Bonchev–Trinajstić information content (AvgIpc) is 3.27. The second-order valence-corrected chi connectivity index (χ2v) is 8.23. The van der Waals surface area contributed by atoms with E-state index in [9.17, 15) is 10.1 Å². The summed E-state index contributed by atoms with van der Waals surface area (Å²) in [6.45, 7) is 2.60. The minimum absolute atomic E-state index is 0.00259. The van der Waals surface area contributed by atoms with Gasteiger partial charge in [-0.1, -0.05) is 73.1 Å². The zero-order valence-corrected chi connectivity index (χ0v) is 19.5. The quantitative estimate of drug-likeness (QED) is 0.254. The van der Waals surface area contributed by atoms with Crippen LogP contribution in [0.4, 0.5) is 5.69 Å². The molecule has 3 aromatic carbocycles. The number of anilines is 1. The molecule has 1 amide bonds. The second kappa shape index (κ2) is 10.7. The lowest BCUT2D eigenvalue weighted by molar-refractivity contribution is -0.112. The fourth-order valence-corrected chi connectivity index (χ4v) is 3.67. The summed E-state index contributed by atoms with van der Waals surface area (Å²) in [4.78, 5) is 12.8. The van der Waals surface area contributed by atoms with Gasteiger partial charge in [-0.15, -0.1) is 0 Å². The monoisotopic (exact) mass is 466 g/mol. The maximum atomic E-state index is 12.8. The molecule has 6 heteroatoms. The van der Waals surface area contributed by atoms with Gasteiger partial charge in [0.25, 0.3) is 5.91 Å². The summed E-state index contributed by atoms with van der Waals surface area (Å²) < 4.78 is 1.80. The molecule has 0 radical (unpaired) electrons. The Kier molecular flexibility index (Phi) is 7.22. The molecule has 0 spiro atoms. The molecule has 0 unspecified atom stereocenters. The standard InChI is InChI=1S/C28H23ClN4O/c1-2-20-10-14-26(15-11-20)31-28(34)23(17-30)16-24-19-33(18-21-8-12-25(29)13-9-21)32-27(24)22-6-4-3-5-7-22/h3-16,19H,2,18H2,1H3,(H,31,34). The summed E-state index contributed by atoms with van der Waals surface area (Å²) in [6, 6.07) is 26.9. The van der Waals surface area contributed by atoms with Crippen LogP contribution in [0.15, 0.2) is 90.6 Å². The van der Waals surface area contributed by atoms with Gasteiger partial charge < -0.3 is 5.32 Å². The highest BCUT2D eigenvalue weighted by Crippen LogP contribution is 2.25. The molecular weight excluding hydrogens is 444 g/mol. The van der Waals surface area contributed by atoms with Gasteiger partial charge in [0.2, 0.25) is 0 Å². The third-order valence-corrected chi connectivity index (χ3v) is 5.63. The fraction of sp³-hybridized carbons (Fsp3) is 0.107. The Morgan fingerprint density at radius 1 is 1.03 bits per heavy atom. The topological polar surface area (TPSA) is 70.7 Å². The van der Waals surface area contributed by atoms with Gasteiger partial charge in [0.1, 0.15) is 11.6 Å². The number of hydrogen-bond acceptors (Lipinski definition) is 3. The van der Waals surface area contributed by atoms with Crippen LogP contribution >= 0.6 is 11.6 Å². The van der Waals surface area contributed by atoms with Crippen molar-refractivity contribution < 1.29 is 4.79 Å². The number of rotatable bonds is 7. The molecule has 0 saturated heterocycles. The number of hydrogen-bond donors (Lipinski definition) is 1. The first-order chi connectivity index (χ1) is 16.6. The van der Waals surface area contributed by atoms with E-state index < -0.39 is 5.91 Å². The molecule has 1 heterocycles. The molecular formula is C28H23ClN4O. The number of aromatic nitrogens is 2. The molecule has 0 aliphatic rings. The third kappa shape index (κ3) is 5.61. The predicted molar refractivity (Wildman–Crippen MR) is 136 cm³/mol. The van der Waals surface area contributed by atoms with Crippen LogP contribution in [0.2, 0.25) is 5.02 Å². The summed E-state index contributed by atoms with van der Waals surface area (Å²) in [7, 11) is 0. The molecule has 0 bridgehead atoms. The van der Waals surface area contributed by atoms with Crippen LogP contribution in [-0.2, 0) is 17.8 Å². The number of carbonyl (C=O) groups is 1. The molecule has 0 fully saturated rings. The fourth-order valence-electron chi connectivity index (χ4n) is 3.55. The van der Waals surface area contributed by atoms with Gasteiger partial charge in [0.05, 0.1) is 12.2 Å². The summed E-state index contributed by atoms with van der Waals surface area (Å²) in [6.07, 6.45) is 4.35. The summed E-state index contributed by atoms with van der Waals surface area (Å²) in [5.74, 6) is -0.462. The van der Waals surface area contributed by atoms with E-state index in [0.717, 1.165) is 17.5 Å². The van der Waals surface area contributed by atoms with Crippen molar-refractivity contribution in [3.63, 3.8) is 0 Å². The van der Waals surface area contributed by atoms with Gasteiger partial charge in [-0.25, -0.2) is 0 Å². The van der Waals surface area contributed by atoms with Gasteiger partial charge in [0.15, 0.2) is 0 Å². The zero-order chi connectivity index (χ0) is 23.9. The Bertz CT molecular complexity index is 1350. The number of nitriles is 1. The van der Waals surface area contributed by atoms with Crippen molar-refractivity contribution in [1.82, 2.24) is 9.78 Å². The van der Waals surface area contributed by atoms with Crippen molar-refractivity contribution in [2.45, 2.75) is 19.9 Å². The van der Waals surface area contributed by atoms with Crippen molar-refractivity contribution >= 4 is 29.3 Å². The maximum Gasteiger partial charge on any atom is 0.266 e.